The number of piperidine rings is 1. The molecule has 0 radical (unpaired) electrons. The Hall–Kier alpha value is -1.56. The van der Waals surface area contributed by atoms with Gasteiger partial charge >= 0.3 is 6.03 Å². The van der Waals surface area contributed by atoms with E-state index in [1.807, 2.05) is 10.9 Å². The first-order valence-corrected chi connectivity index (χ1v) is 8.13. The first kappa shape index (κ1) is 14.4. The lowest BCUT2D eigenvalue weighted by atomic mass is 9.96. The van der Waals surface area contributed by atoms with Crippen molar-refractivity contribution in [1.29, 1.82) is 0 Å². The lowest BCUT2D eigenvalue weighted by Crippen LogP contribution is -2.38. The molecule has 6 nitrogen and oxygen atoms in total. The number of hydrogen-bond acceptors (Lipinski definition) is 3. The smallest absolute Gasteiger partial charge is 0.319 e. The van der Waals surface area contributed by atoms with Crippen LogP contribution in [-0.2, 0) is 0 Å². The van der Waals surface area contributed by atoms with Crippen LogP contribution in [0, 0.1) is 0 Å². The van der Waals surface area contributed by atoms with Crippen molar-refractivity contribution in [3.05, 3.63) is 12.4 Å². The summed E-state index contributed by atoms with van der Waals surface area (Å²) in [6, 6.07) is 0.674. The molecule has 1 saturated heterocycles. The Kier molecular flexibility index (Phi) is 4.75. The molecule has 2 heterocycles. The fourth-order valence-electron chi connectivity index (χ4n) is 3.27. The van der Waals surface area contributed by atoms with Crippen molar-refractivity contribution in [1.82, 2.24) is 20.4 Å². The summed E-state index contributed by atoms with van der Waals surface area (Å²) in [5, 5.41) is 13.7. The molecule has 1 aliphatic heterocycles. The lowest BCUT2D eigenvalue weighted by Gasteiger charge is -2.23. The van der Waals surface area contributed by atoms with Gasteiger partial charge in [0.1, 0.15) is 0 Å². The SMILES string of the molecule is O=C(Nc1cnn(C2CCNCC2)c1)NC1CCCCC1. The van der Waals surface area contributed by atoms with Crippen molar-refractivity contribution in [2.45, 2.75) is 57.0 Å². The average molecular weight is 291 g/mol. The predicted molar refractivity (Wildman–Crippen MR) is 82.4 cm³/mol. The number of nitrogens with zero attached hydrogens (tertiary/aromatic N) is 2. The molecule has 2 amide bonds. The van der Waals surface area contributed by atoms with Gasteiger partial charge in [0.05, 0.1) is 17.9 Å². The van der Waals surface area contributed by atoms with Crippen molar-refractivity contribution >= 4 is 11.7 Å². The molecular formula is C15H25N5O. The number of carbonyl (C=O) groups excluding carboxylic acids is 1. The molecule has 21 heavy (non-hydrogen) atoms. The van der Waals surface area contributed by atoms with Crippen molar-refractivity contribution < 1.29 is 4.79 Å². The van der Waals surface area contributed by atoms with Gasteiger partial charge in [0.25, 0.3) is 0 Å². The molecule has 2 fully saturated rings. The van der Waals surface area contributed by atoms with Gasteiger partial charge in [-0.1, -0.05) is 19.3 Å². The zero-order chi connectivity index (χ0) is 14.5. The zero-order valence-corrected chi connectivity index (χ0v) is 12.5. The van der Waals surface area contributed by atoms with E-state index < -0.39 is 0 Å². The first-order valence-electron chi connectivity index (χ1n) is 8.13. The van der Waals surface area contributed by atoms with E-state index in [4.69, 9.17) is 0 Å². The molecule has 0 spiro atoms. The van der Waals surface area contributed by atoms with Crippen LogP contribution in [0.5, 0.6) is 0 Å². The maximum absolute atomic E-state index is 12.0. The van der Waals surface area contributed by atoms with E-state index in [0.717, 1.165) is 44.5 Å². The minimum Gasteiger partial charge on any atom is -0.335 e. The summed E-state index contributed by atoms with van der Waals surface area (Å²) in [5.74, 6) is 0. The van der Waals surface area contributed by atoms with Gasteiger partial charge < -0.3 is 16.0 Å². The third-order valence-electron chi connectivity index (χ3n) is 4.48. The molecule has 3 N–H and O–H groups in total. The maximum Gasteiger partial charge on any atom is 0.319 e. The zero-order valence-electron chi connectivity index (χ0n) is 12.5. The number of rotatable bonds is 3. The van der Waals surface area contributed by atoms with E-state index in [1.54, 1.807) is 6.20 Å². The van der Waals surface area contributed by atoms with Crippen LogP contribution < -0.4 is 16.0 Å². The van der Waals surface area contributed by atoms with Gasteiger partial charge in [-0.2, -0.15) is 5.10 Å². The van der Waals surface area contributed by atoms with Crippen molar-refractivity contribution in [3.63, 3.8) is 0 Å². The quantitative estimate of drug-likeness (QED) is 0.800. The Morgan fingerprint density at radius 3 is 2.71 bits per heavy atom. The highest BCUT2D eigenvalue weighted by atomic mass is 16.2. The molecule has 0 bridgehead atoms. The highest BCUT2D eigenvalue weighted by Gasteiger charge is 2.18. The number of aromatic nitrogens is 2. The maximum atomic E-state index is 12.0. The number of carbonyl (C=O) groups is 1. The average Bonchev–Trinajstić information content (AvgIpc) is 2.97. The van der Waals surface area contributed by atoms with E-state index in [2.05, 4.69) is 21.0 Å². The van der Waals surface area contributed by atoms with E-state index in [1.165, 1.54) is 19.3 Å². The van der Waals surface area contributed by atoms with Crippen LogP contribution >= 0.6 is 0 Å². The molecule has 2 aliphatic rings. The molecule has 116 valence electrons. The molecule has 1 aliphatic carbocycles. The van der Waals surface area contributed by atoms with Crippen LogP contribution in [-0.4, -0.2) is 34.9 Å². The van der Waals surface area contributed by atoms with Gasteiger partial charge in [-0.25, -0.2) is 4.79 Å². The van der Waals surface area contributed by atoms with Crippen molar-refractivity contribution in [2.75, 3.05) is 18.4 Å². The largest absolute Gasteiger partial charge is 0.335 e. The van der Waals surface area contributed by atoms with Crippen molar-refractivity contribution in [3.8, 4) is 0 Å². The summed E-state index contributed by atoms with van der Waals surface area (Å²) in [5.41, 5.74) is 0.779. The normalized spacial score (nSPS) is 21.1. The third kappa shape index (κ3) is 3.97. The first-order chi connectivity index (χ1) is 10.3. The van der Waals surface area contributed by atoms with Crippen molar-refractivity contribution in [2.24, 2.45) is 0 Å². The van der Waals surface area contributed by atoms with Crippen LogP contribution in [0.3, 0.4) is 0 Å². The standard InChI is InChI=1S/C15H25N5O/c21-15(18-12-4-2-1-3-5-12)19-13-10-17-20(11-13)14-6-8-16-9-7-14/h10-12,14,16H,1-9H2,(H2,18,19,21). The lowest BCUT2D eigenvalue weighted by molar-refractivity contribution is 0.244. The summed E-state index contributed by atoms with van der Waals surface area (Å²) < 4.78 is 1.98. The van der Waals surface area contributed by atoms with Gasteiger partial charge in [0.2, 0.25) is 0 Å². The van der Waals surface area contributed by atoms with Gasteiger partial charge in [0, 0.05) is 12.2 Å². The van der Waals surface area contributed by atoms with Gasteiger partial charge in [-0.3, -0.25) is 4.68 Å². The van der Waals surface area contributed by atoms with Crippen LogP contribution in [0.15, 0.2) is 12.4 Å². The fourth-order valence-corrected chi connectivity index (χ4v) is 3.27. The topological polar surface area (TPSA) is 71.0 Å². The molecule has 1 aromatic heterocycles. The molecule has 3 rings (SSSR count). The number of nitrogens with one attached hydrogen (secondary N) is 3. The summed E-state index contributed by atoms with van der Waals surface area (Å²) >= 11 is 0. The summed E-state index contributed by atoms with van der Waals surface area (Å²) in [6.45, 7) is 2.07. The minimum absolute atomic E-state index is 0.105. The second-order valence-corrected chi connectivity index (χ2v) is 6.12. The molecular weight excluding hydrogens is 266 g/mol. The Morgan fingerprint density at radius 2 is 1.95 bits per heavy atom. The van der Waals surface area contributed by atoms with E-state index >= 15 is 0 Å². The highest BCUT2D eigenvalue weighted by molar-refractivity contribution is 5.89. The van der Waals surface area contributed by atoms with Crippen LogP contribution in [0.4, 0.5) is 10.5 Å². The molecule has 0 atom stereocenters. The second-order valence-electron chi connectivity index (χ2n) is 6.12. The van der Waals surface area contributed by atoms with Crippen LogP contribution in [0.25, 0.3) is 0 Å². The Balaban J connectivity index is 1.50. The number of anilines is 1. The minimum atomic E-state index is -0.105. The number of hydrogen-bond donors (Lipinski definition) is 3. The Bertz CT molecular complexity index is 460. The highest BCUT2D eigenvalue weighted by Crippen LogP contribution is 2.20. The Labute approximate surface area is 125 Å². The number of urea groups is 1. The fraction of sp³-hybridized carbons (Fsp3) is 0.733. The summed E-state index contributed by atoms with van der Waals surface area (Å²) in [7, 11) is 0. The number of amides is 2. The summed E-state index contributed by atoms with van der Waals surface area (Å²) in [4.78, 5) is 12.0. The monoisotopic (exact) mass is 291 g/mol. The Morgan fingerprint density at radius 1 is 1.19 bits per heavy atom. The molecule has 0 aromatic carbocycles. The molecule has 1 aromatic rings. The molecule has 1 saturated carbocycles. The third-order valence-corrected chi connectivity index (χ3v) is 4.48. The second kappa shape index (κ2) is 6.93. The van der Waals surface area contributed by atoms with Gasteiger partial charge in [-0.05, 0) is 38.8 Å². The molecule has 6 heteroatoms. The summed E-state index contributed by atoms with van der Waals surface area (Å²) in [6.07, 6.45) is 11.8. The van der Waals surface area contributed by atoms with Crippen LogP contribution in [0.1, 0.15) is 51.0 Å². The van der Waals surface area contributed by atoms with Gasteiger partial charge in [-0.15, -0.1) is 0 Å². The van der Waals surface area contributed by atoms with E-state index in [0.29, 0.717) is 12.1 Å². The van der Waals surface area contributed by atoms with Gasteiger partial charge in [0.15, 0.2) is 0 Å². The van der Waals surface area contributed by atoms with E-state index in [-0.39, 0.29) is 6.03 Å². The van der Waals surface area contributed by atoms with Crippen LogP contribution in [0.2, 0.25) is 0 Å². The predicted octanol–water partition coefficient (Wildman–Crippen LogP) is 2.26. The molecule has 0 unspecified atom stereocenters. The van der Waals surface area contributed by atoms with E-state index in [9.17, 15) is 4.79 Å².